The Morgan fingerprint density at radius 3 is 2.05 bits per heavy atom. The number of hydrogen-bond acceptors (Lipinski definition) is 1. The van der Waals surface area contributed by atoms with Gasteiger partial charge in [0.15, 0.2) is 0 Å². The Morgan fingerprint density at radius 1 is 0.900 bits per heavy atom. The van der Waals surface area contributed by atoms with Gasteiger partial charge in [-0.25, -0.2) is 0 Å². The highest BCUT2D eigenvalue weighted by Crippen LogP contribution is 2.42. The van der Waals surface area contributed by atoms with Crippen molar-refractivity contribution in [3.63, 3.8) is 0 Å². The van der Waals surface area contributed by atoms with Gasteiger partial charge in [0.25, 0.3) is 0 Å². The van der Waals surface area contributed by atoms with Crippen LogP contribution in [0.15, 0.2) is 24.3 Å². The third-order valence-corrected chi connectivity index (χ3v) is 5.62. The van der Waals surface area contributed by atoms with Crippen molar-refractivity contribution in [3.8, 4) is 6.07 Å². The molecule has 0 unspecified atom stereocenters. The molecule has 0 aromatic carbocycles. The summed E-state index contributed by atoms with van der Waals surface area (Å²) in [6.07, 6.45) is 20.7. The summed E-state index contributed by atoms with van der Waals surface area (Å²) in [5, 5.41) is 8.45. The lowest BCUT2D eigenvalue weighted by Gasteiger charge is -2.37. The van der Waals surface area contributed by atoms with E-state index in [1.165, 1.54) is 57.8 Å². The van der Waals surface area contributed by atoms with Crippen molar-refractivity contribution in [1.29, 1.82) is 5.26 Å². The van der Waals surface area contributed by atoms with Crippen molar-refractivity contribution in [2.75, 3.05) is 0 Å². The second-order valence-corrected chi connectivity index (χ2v) is 6.74. The number of nitrogens with zero attached hydrogens (tertiary/aromatic N) is 1. The lowest BCUT2D eigenvalue weighted by atomic mass is 9.69. The van der Waals surface area contributed by atoms with Crippen molar-refractivity contribution in [2.24, 2.45) is 23.7 Å². The van der Waals surface area contributed by atoms with Crippen LogP contribution in [0.3, 0.4) is 0 Å². The Hall–Kier alpha value is -1.03. The van der Waals surface area contributed by atoms with Crippen molar-refractivity contribution < 1.29 is 0 Å². The standard InChI is InChI=1S/C19H29N/c1-2-16-7-11-18(12-8-16)19-13-9-17(10-14-19)6-4-3-5-15-20/h3-6,16-19H,2,7-14H2,1H3/b5-3+,6-4+/t16-,17?,18-,19?. The van der Waals surface area contributed by atoms with E-state index in [0.29, 0.717) is 0 Å². The summed E-state index contributed by atoms with van der Waals surface area (Å²) < 4.78 is 0. The topological polar surface area (TPSA) is 23.8 Å². The van der Waals surface area contributed by atoms with E-state index in [-0.39, 0.29) is 0 Å². The first kappa shape index (κ1) is 15.4. The molecule has 1 nitrogen and oxygen atoms in total. The van der Waals surface area contributed by atoms with Crippen LogP contribution in [0.25, 0.3) is 0 Å². The first-order valence-electron chi connectivity index (χ1n) is 8.56. The molecular weight excluding hydrogens is 242 g/mol. The minimum Gasteiger partial charge on any atom is -0.193 e. The molecule has 0 aromatic heterocycles. The lowest BCUT2D eigenvalue weighted by Crippen LogP contribution is -2.25. The third kappa shape index (κ3) is 4.51. The SMILES string of the molecule is CC[C@H]1CC[C@H](C2CCC(/C=C/C=C/C#N)CC2)CC1. The fourth-order valence-electron chi connectivity index (χ4n) is 4.20. The molecule has 2 fully saturated rings. The van der Waals surface area contributed by atoms with Crippen LogP contribution in [0.5, 0.6) is 0 Å². The van der Waals surface area contributed by atoms with Crippen LogP contribution in [0.1, 0.15) is 64.7 Å². The average Bonchev–Trinajstić information content (AvgIpc) is 2.52. The van der Waals surface area contributed by atoms with Gasteiger partial charge in [-0.1, -0.05) is 44.4 Å². The smallest absolute Gasteiger partial charge is 0.0912 e. The Bertz CT molecular complexity index is 358. The molecule has 0 saturated heterocycles. The molecule has 0 bridgehead atoms. The van der Waals surface area contributed by atoms with Crippen molar-refractivity contribution in [1.82, 2.24) is 0 Å². The van der Waals surface area contributed by atoms with Gasteiger partial charge < -0.3 is 0 Å². The molecule has 110 valence electrons. The summed E-state index contributed by atoms with van der Waals surface area (Å²) in [5.41, 5.74) is 0. The molecule has 0 atom stereocenters. The molecule has 20 heavy (non-hydrogen) atoms. The average molecular weight is 271 g/mol. The van der Waals surface area contributed by atoms with Crippen LogP contribution in [0, 0.1) is 35.0 Å². The minimum atomic E-state index is 0.751. The predicted molar refractivity (Wildman–Crippen MR) is 85.1 cm³/mol. The molecule has 0 heterocycles. The Balaban J connectivity index is 1.71. The maximum absolute atomic E-state index is 8.45. The zero-order chi connectivity index (χ0) is 14.2. The summed E-state index contributed by atoms with van der Waals surface area (Å²) >= 11 is 0. The molecule has 0 aromatic rings. The van der Waals surface area contributed by atoms with E-state index in [1.807, 2.05) is 12.1 Å². The van der Waals surface area contributed by atoms with Gasteiger partial charge >= 0.3 is 0 Å². The second kappa shape index (κ2) is 8.30. The summed E-state index contributed by atoms with van der Waals surface area (Å²) in [4.78, 5) is 0. The predicted octanol–water partition coefficient (Wildman–Crippen LogP) is 5.65. The molecule has 2 aliphatic rings. The fraction of sp³-hybridized carbons (Fsp3) is 0.737. The Morgan fingerprint density at radius 2 is 1.50 bits per heavy atom. The van der Waals surface area contributed by atoms with E-state index in [0.717, 1.165) is 23.7 Å². The molecule has 2 saturated carbocycles. The Kier molecular flexibility index (Phi) is 6.37. The van der Waals surface area contributed by atoms with E-state index < -0.39 is 0 Å². The summed E-state index contributed by atoms with van der Waals surface area (Å²) in [7, 11) is 0. The van der Waals surface area contributed by atoms with Crippen LogP contribution >= 0.6 is 0 Å². The molecule has 2 rings (SSSR count). The second-order valence-electron chi connectivity index (χ2n) is 6.74. The van der Waals surface area contributed by atoms with Gasteiger partial charge in [-0.2, -0.15) is 5.26 Å². The molecule has 0 N–H and O–H groups in total. The van der Waals surface area contributed by atoms with Crippen molar-refractivity contribution >= 4 is 0 Å². The van der Waals surface area contributed by atoms with Crippen LogP contribution < -0.4 is 0 Å². The van der Waals surface area contributed by atoms with Gasteiger partial charge in [0.1, 0.15) is 0 Å². The number of nitriles is 1. The number of hydrogen-bond donors (Lipinski definition) is 0. The lowest BCUT2D eigenvalue weighted by molar-refractivity contribution is 0.154. The summed E-state index contributed by atoms with van der Waals surface area (Å²) in [5.74, 6) is 3.81. The van der Waals surface area contributed by atoms with Gasteiger partial charge in [-0.3, -0.25) is 0 Å². The fourth-order valence-corrected chi connectivity index (χ4v) is 4.20. The highest BCUT2D eigenvalue weighted by atomic mass is 14.3. The molecule has 1 heteroatoms. The third-order valence-electron chi connectivity index (χ3n) is 5.62. The van der Waals surface area contributed by atoms with E-state index in [1.54, 1.807) is 6.08 Å². The monoisotopic (exact) mass is 271 g/mol. The molecule has 0 radical (unpaired) electrons. The van der Waals surface area contributed by atoms with Crippen LogP contribution in [-0.2, 0) is 0 Å². The number of rotatable bonds is 4. The number of allylic oxidation sites excluding steroid dienone is 4. The normalized spacial score (nSPS) is 35.4. The first-order chi connectivity index (χ1) is 9.83. The maximum Gasteiger partial charge on any atom is 0.0912 e. The zero-order valence-electron chi connectivity index (χ0n) is 12.9. The molecule has 0 spiro atoms. The summed E-state index contributed by atoms with van der Waals surface area (Å²) in [6, 6.07) is 2.03. The highest BCUT2D eigenvalue weighted by Gasteiger charge is 2.29. The van der Waals surface area contributed by atoms with Crippen LogP contribution in [0.2, 0.25) is 0 Å². The van der Waals surface area contributed by atoms with E-state index in [2.05, 4.69) is 19.1 Å². The highest BCUT2D eigenvalue weighted by molar-refractivity contribution is 5.12. The zero-order valence-corrected chi connectivity index (χ0v) is 12.9. The van der Waals surface area contributed by atoms with Crippen LogP contribution in [-0.4, -0.2) is 0 Å². The van der Waals surface area contributed by atoms with E-state index >= 15 is 0 Å². The molecule has 0 amide bonds. The van der Waals surface area contributed by atoms with Gasteiger partial charge in [0.05, 0.1) is 6.07 Å². The molecule has 0 aliphatic heterocycles. The largest absolute Gasteiger partial charge is 0.193 e. The van der Waals surface area contributed by atoms with Crippen molar-refractivity contribution in [2.45, 2.75) is 64.7 Å². The maximum atomic E-state index is 8.45. The molecule has 2 aliphatic carbocycles. The quantitative estimate of drug-likeness (QED) is 0.479. The van der Waals surface area contributed by atoms with Crippen LogP contribution in [0.4, 0.5) is 0 Å². The van der Waals surface area contributed by atoms with Gasteiger partial charge in [-0.05, 0) is 62.2 Å². The van der Waals surface area contributed by atoms with Gasteiger partial charge in [0, 0.05) is 6.08 Å². The van der Waals surface area contributed by atoms with E-state index in [9.17, 15) is 0 Å². The van der Waals surface area contributed by atoms with Gasteiger partial charge in [-0.15, -0.1) is 0 Å². The van der Waals surface area contributed by atoms with Gasteiger partial charge in [0.2, 0.25) is 0 Å². The van der Waals surface area contributed by atoms with E-state index in [4.69, 9.17) is 5.26 Å². The van der Waals surface area contributed by atoms with Crippen molar-refractivity contribution in [3.05, 3.63) is 24.3 Å². The Labute approximate surface area is 124 Å². The molecular formula is C19H29N. The first-order valence-corrected chi connectivity index (χ1v) is 8.56. The minimum absolute atomic E-state index is 0.751. The summed E-state index contributed by atoms with van der Waals surface area (Å²) in [6.45, 7) is 2.35.